The maximum Gasteiger partial charge on any atom is 0.309 e. The van der Waals surface area contributed by atoms with Gasteiger partial charge in [-0.25, -0.2) is 0 Å². The predicted octanol–water partition coefficient (Wildman–Crippen LogP) is 22.8. The van der Waals surface area contributed by atoms with E-state index in [0.717, 1.165) is 161 Å². The summed E-state index contributed by atoms with van der Waals surface area (Å²) in [4.78, 5) is 38.3. The Hall–Kier alpha value is -6.01. The molecule has 0 aromatic heterocycles. The van der Waals surface area contributed by atoms with Gasteiger partial charge in [0.1, 0.15) is 13.2 Å². The van der Waals surface area contributed by atoms with Crippen LogP contribution < -0.4 is 0 Å². The van der Waals surface area contributed by atoms with Crippen molar-refractivity contribution in [1.82, 2.24) is 0 Å². The number of carbonyl (C=O) groups excluding carboxylic acids is 3. The van der Waals surface area contributed by atoms with Gasteiger partial charge >= 0.3 is 17.9 Å². The third kappa shape index (κ3) is 66.7. The first kappa shape index (κ1) is 77.0. The van der Waals surface area contributed by atoms with E-state index in [4.69, 9.17) is 14.2 Å². The molecule has 0 aromatic carbocycles. The van der Waals surface area contributed by atoms with Crippen molar-refractivity contribution in [3.05, 3.63) is 207 Å². The van der Waals surface area contributed by atoms with Crippen molar-refractivity contribution < 1.29 is 28.6 Å². The Balaban J connectivity index is 4.54. The molecule has 6 nitrogen and oxygen atoms in total. The van der Waals surface area contributed by atoms with E-state index >= 15 is 0 Å². The van der Waals surface area contributed by atoms with Gasteiger partial charge in [-0.15, -0.1) is 0 Å². The monoisotopic (exact) mass is 1140 g/mol. The highest BCUT2D eigenvalue weighted by atomic mass is 16.6. The fraction of sp³-hybridized carbons (Fsp3) is 0.519. The lowest BCUT2D eigenvalue weighted by molar-refractivity contribution is -0.166. The first-order chi connectivity index (χ1) is 41.0. The molecule has 0 N–H and O–H groups in total. The Morgan fingerprint density at radius 3 is 0.783 bits per heavy atom. The first-order valence-corrected chi connectivity index (χ1v) is 32.6. The number of rotatable bonds is 56. The van der Waals surface area contributed by atoms with Crippen LogP contribution in [0.1, 0.15) is 239 Å². The highest BCUT2D eigenvalue weighted by molar-refractivity contribution is 5.72. The lowest BCUT2D eigenvalue weighted by Crippen LogP contribution is -2.30. The third-order valence-electron chi connectivity index (χ3n) is 12.8. The number of esters is 3. The average Bonchev–Trinajstić information content (AvgIpc) is 3.49. The number of hydrogen-bond donors (Lipinski definition) is 0. The summed E-state index contributed by atoms with van der Waals surface area (Å²) in [5.41, 5.74) is 0. The highest BCUT2D eigenvalue weighted by Crippen LogP contribution is 2.13. The van der Waals surface area contributed by atoms with Crippen molar-refractivity contribution >= 4 is 17.9 Å². The Bertz CT molecular complexity index is 2030. The number of hydrogen-bond acceptors (Lipinski definition) is 6. The van der Waals surface area contributed by atoms with E-state index in [1.807, 2.05) is 6.08 Å². The van der Waals surface area contributed by atoms with Gasteiger partial charge in [-0.3, -0.25) is 14.4 Å². The molecule has 0 aliphatic heterocycles. The Morgan fingerprint density at radius 1 is 0.253 bits per heavy atom. The van der Waals surface area contributed by atoms with Gasteiger partial charge in [-0.1, -0.05) is 279 Å². The molecule has 1 atom stereocenters. The van der Waals surface area contributed by atoms with Crippen molar-refractivity contribution in [3.8, 4) is 0 Å². The van der Waals surface area contributed by atoms with E-state index in [2.05, 4.69) is 215 Å². The van der Waals surface area contributed by atoms with Crippen molar-refractivity contribution in [1.29, 1.82) is 0 Å². The van der Waals surface area contributed by atoms with Gasteiger partial charge in [-0.05, 0) is 148 Å². The number of carbonyl (C=O) groups is 3. The molecule has 0 amide bonds. The summed E-state index contributed by atoms with van der Waals surface area (Å²) in [6, 6.07) is 0. The normalized spacial score (nSPS) is 13.5. The highest BCUT2D eigenvalue weighted by Gasteiger charge is 2.19. The van der Waals surface area contributed by atoms with Crippen LogP contribution in [0, 0.1) is 0 Å². The van der Waals surface area contributed by atoms with Gasteiger partial charge in [0.05, 0.1) is 6.42 Å². The zero-order chi connectivity index (χ0) is 59.9. The lowest BCUT2D eigenvalue weighted by Gasteiger charge is -2.18. The van der Waals surface area contributed by atoms with Gasteiger partial charge in [0, 0.05) is 12.8 Å². The van der Waals surface area contributed by atoms with Crippen LogP contribution in [-0.4, -0.2) is 37.2 Å². The van der Waals surface area contributed by atoms with Crippen LogP contribution in [-0.2, 0) is 28.6 Å². The summed E-state index contributed by atoms with van der Waals surface area (Å²) < 4.78 is 16.8. The molecule has 6 heteroatoms. The zero-order valence-corrected chi connectivity index (χ0v) is 52.6. The van der Waals surface area contributed by atoms with E-state index in [1.54, 1.807) is 6.08 Å². The van der Waals surface area contributed by atoms with Crippen LogP contribution in [0.4, 0.5) is 0 Å². The van der Waals surface area contributed by atoms with Gasteiger partial charge in [0.25, 0.3) is 0 Å². The molecule has 0 aromatic rings. The van der Waals surface area contributed by atoms with Crippen LogP contribution in [0.15, 0.2) is 207 Å². The fourth-order valence-corrected chi connectivity index (χ4v) is 8.05. The SMILES string of the molecule is CC/C=C\C/C=C\C/C=C\C/C=C\C/C=C\C/C=C\CCCCCCCCCCC(=O)OCC(COC(=O)C/C=C\C/C=C\C/C=C\C/C=C\C/C=C\CC)OC(=O)CCCCCC/C=C\C/C=C\C/C=C\C/C=C\C/C=C\C/C=C\CC. The summed E-state index contributed by atoms with van der Waals surface area (Å²) in [5.74, 6) is -1.11. The van der Waals surface area contributed by atoms with Gasteiger partial charge in [-0.2, -0.15) is 0 Å². The van der Waals surface area contributed by atoms with Crippen molar-refractivity contribution in [2.24, 2.45) is 0 Å². The summed E-state index contributed by atoms with van der Waals surface area (Å²) in [6.45, 7) is 6.16. The minimum atomic E-state index is -0.851. The molecule has 0 bridgehead atoms. The van der Waals surface area contributed by atoms with E-state index in [0.29, 0.717) is 12.8 Å². The maximum atomic E-state index is 12.9. The Morgan fingerprint density at radius 2 is 0.482 bits per heavy atom. The molecule has 0 fully saturated rings. The van der Waals surface area contributed by atoms with Crippen LogP contribution in [0.5, 0.6) is 0 Å². The van der Waals surface area contributed by atoms with E-state index in [9.17, 15) is 14.4 Å². The Kier molecular flexibility index (Phi) is 63.5. The second-order valence-corrected chi connectivity index (χ2v) is 20.5. The summed E-state index contributed by atoms with van der Waals surface area (Å²) in [7, 11) is 0. The number of ether oxygens (including phenoxy) is 3. The molecular weight excluding hydrogens is 1020 g/mol. The van der Waals surface area contributed by atoms with Gasteiger partial charge < -0.3 is 14.2 Å². The predicted molar refractivity (Wildman–Crippen MR) is 361 cm³/mol. The van der Waals surface area contributed by atoms with E-state index < -0.39 is 12.1 Å². The second-order valence-electron chi connectivity index (χ2n) is 20.5. The standard InChI is InChI=1S/C77H116O6/c1-4-7-10-13-16-19-22-25-28-30-32-34-36-37-38-39-41-42-44-46-49-52-55-58-61-64-67-70-76(79)82-73-74(72-81-75(78)69-66-63-60-57-54-51-48-27-24-21-18-15-12-9-6-3)83-77(80)71-68-65-62-59-56-53-50-47-45-43-40-35-33-31-29-26-23-20-17-14-11-8-5-2/h7-12,16-21,25-29,32-35,37-38,41-43,45,48,50,53-54,57,63,66,74H,4-6,13-15,22-24,30-31,36,39-40,44,46-47,49,51-52,55-56,58-62,64-65,67-73H2,1-3H3/b10-7-,11-8-,12-9-,19-16-,20-17-,21-18-,28-25-,29-26-,34-32-,35-33-,38-37-,42-41-,45-43-,48-27-,53-50-,57-54-,66-63-. The van der Waals surface area contributed by atoms with Crippen LogP contribution in [0.2, 0.25) is 0 Å². The molecular formula is C77H116O6. The lowest BCUT2D eigenvalue weighted by atomic mass is 10.1. The molecule has 0 saturated carbocycles. The van der Waals surface area contributed by atoms with Crippen LogP contribution in [0.3, 0.4) is 0 Å². The Labute approximate surface area is 509 Å². The summed E-state index contributed by atoms with van der Waals surface area (Å²) >= 11 is 0. The molecule has 0 spiro atoms. The second kappa shape index (κ2) is 68.5. The molecule has 0 aliphatic rings. The molecule has 0 radical (unpaired) electrons. The minimum absolute atomic E-state index is 0.108. The zero-order valence-electron chi connectivity index (χ0n) is 52.6. The fourth-order valence-electron chi connectivity index (χ4n) is 8.05. The topological polar surface area (TPSA) is 78.9 Å². The molecule has 83 heavy (non-hydrogen) atoms. The van der Waals surface area contributed by atoms with Crippen molar-refractivity contribution in [3.63, 3.8) is 0 Å². The summed E-state index contributed by atoms with van der Waals surface area (Å²) in [5, 5.41) is 0. The van der Waals surface area contributed by atoms with Crippen molar-refractivity contribution in [2.75, 3.05) is 13.2 Å². The number of unbranched alkanes of at least 4 members (excludes halogenated alkanes) is 12. The largest absolute Gasteiger partial charge is 0.462 e. The molecule has 0 aliphatic carbocycles. The van der Waals surface area contributed by atoms with E-state index in [1.165, 1.54) is 32.1 Å². The molecule has 1 unspecified atom stereocenters. The van der Waals surface area contributed by atoms with Crippen LogP contribution in [0.25, 0.3) is 0 Å². The van der Waals surface area contributed by atoms with Crippen LogP contribution >= 0.6 is 0 Å². The van der Waals surface area contributed by atoms with Crippen molar-refractivity contribution in [2.45, 2.75) is 245 Å². The third-order valence-corrected chi connectivity index (χ3v) is 12.8. The molecule has 460 valence electrons. The average molecular weight is 1140 g/mol. The smallest absolute Gasteiger partial charge is 0.309 e. The maximum absolute atomic E-state index is 12.9. The molecule has 0 heterocycles. The minimum Gasteiger partial charge on any atom is -0.462 e. The van der Waals surface area contributed by atoms with Gasteiger partial charge in [0.2, 0.25) is 0 Å². The first-order valence-electron chi connectivity index (χ1n) is 32.6. The quantitative estimate of drug-likeness (QED) is 0.0261. The van der Waals surface area contributed by atoms with Gasteiger partial charge in [0.15, 0.2) is 6.10 Å². The molecule has 0 saturated heterocycles. The summed E-state index contributed by atoms with van der Waals surface area (Å²) in [6.07, 6.45) is 106. The molecule has 0 rings (SSSR count). The number of allylic oxidation sites excluding steroid dienone is 33. The van der Waals surface area contributed by atoms with E-state index in [-0.39, 0.29) is 38.0 Å².